The molecule has 1 N–H and O–H groups in total. The number of rotatable bonds is 3. The fourth-order valence-corrected chi connectivity index (χ4v) is 2.88. The summed E-state index contributed by atoms with van der Waals surface area (Å²) in [6.45, 7) is 5.62. The molecule has 0 bridgehead atoms. The maximum Gasteiger partial charge on any atom is 0.411 e. The summed E-state index contributed by atoms with van der Waals surface area (Å²) >= 11 is 0. The maximum absolute atomic E-state index is 12.3. The number of ether oxygens (including phenoxy) is 1. The second-order valence-corrected chi connectivity index (χ2v) is 7.10. The van der Waals surface area contributed by atoms with E-state index >= 15 is 0 Å². The van der Waals surface area contributed by atoms with E-state index in [1.165, 1.54) is 4.90 Å². The number of hydrogen-bond donors (Lipinski definition) is 1. The van der Waals surface area contributed by atoms with Gasteiger partial charge in [0.1, 0.15) is 11.6 Å². The first-order valence-electron chi connectivity index (χ1n) is 7.91. The first-order chi connectivity index (χ1) is 11.2. The van der Waals surface area contributed by atoms with Gasteiger partial charge in [0.05, 0.1) is 11.6 Å². The second-order valence-electron chi connectivity index (χ2n) is 7.10. The van der Waals surface area contributed by atoms with E-state index in [9.17, 15) is 14.7 Å². The molecule has 1 aliphatic rings. The Morgan fingerprint density at radius 1 is 1.33 bits per heavy atom. The van der Waals surface area contributed by atoms with Gasteiger partial charge in [-0.2, -0.15) is 5.26 Å². The number of nitrogens with zero attached hydrogens (tertiary/aromatic N) is 2. The molecule has 1 fully saturated rings. The van der Waals surface area contributed by atoms with Crippen LogP contribution in [0.2, 0.25) is 0 Å². The molecule has 128 valence electrons. The Balaban J connectivity index is 2.07. The zero-order chi connectivity index (χ0) is 17.9. The van der Waals surface area contributed by atoms with Crippen molar-refractivity contribution in [3.8, 4) is 6.07 Å². The number of nitriles is 1. The van der Waals surface area contributed by atoms with Crippen LogP contribution in [0.15, 0.2) is 24.3 Å². The number of hydrogen-bond acceptors (Lipinski definition) is 4. The van der Waals surface area contributed by atoms with E-state index in [1.54, 1.807) is 32.9 Å². The Morgan fingerprint density at radius 3 is 2.46 bits per heavy atom. The number of amides is 1. The monoisotopic (exact) mass is 330 g/mol. The van der Waals surface area contributed by atoms with Crippen molar-refractivity contribution in [3.63, 3.8) is 0 Å². The average Bonchev–Trinajstić information content (AvgIpc) is 2.90. The SMILES string of the molecule is CC(C)(C)OC(=O)N1CC(Cc2ccc(C#N)cc2)CC1C(=O)O. The summed E-state index contributed by atoms with van der Waals surface area (Å²) in [5.41, 5.74) is 0.948. The largest absolute Gasteiger partial charge is 0.480 e. The molecule has 0 aromatic heterocycles. The molecule has 1 amide bonds. The van der Waals surface area contributed by atoms with Crippen LogP contribution in [0.3, 0.4) is 0 Å². The number of likely N-dealkylation sites (tertiary alicyclic amines) is 1. The van der Waals surface area contributed by atoms with Crippen molar-refractivity contribution in [2.75, 3.05) is 6.54 Å². The molecule has 0 spiro atoms. The summed E-state index contributed by atoms with van der Waals surface area (Å²) in [6, 6.07) is 8.42. The Labute approximate surface area is 141 Å². The second kappa shape index (κ2) is 6.91. The smallest absolute Gasteiger partial charge is 0.411 e. The van der Waals surface area contributed by atoms with Crippen molar-refractivity contribution in [1.29, 1.82) is 5.26 Å². The normalized spacial score (nSPS) is 20.5. The van der Waals surface area contributed by atoms with Crippen molar-refractivity contribution >= 4 is 12.1 Å². The third-order valence-corrected chi connectivity index (χ3v) is 3.91. The molecule has 0 radical (unpaired) electrons. The quantitative estimate of drug-likeness (QED) is 0.920. The van der Waals surface area contributed by atoms with Gasteiger partial charge < -0.3 is 9.84 Å². The Hall–Kier alpha value is -2.55. The number of carbonyl (C=O) groups excluding carboxylic acids is 1. The van der Waals surface area contributed by atoms with Crippen LogP contribution in [0.5, 0.6) is 0 Å². The van der Waals surface area contributed by atoms with E-state index in [0.29, 0.717) is 24.9 Å². The van der Waals surface area contributed by atoms with E-state index < -0.39 is 23.7 Å². The van der Waals surface area contributed by atoms with E-state index in [1.807, 2.05) is 12.1 Å². The van der Waals surface area contributed by atoms with Crippen molar-refractivity contribution in [2.24, 2.45) is 5.92 Å². The van der Waals surface area contributed by atoms with Gasteiger partial charge in [0.15, 0.2) is 0 Å². The minimum atomic E-state index is -1.01. The summed E-state index contributed by atoms with van der Waals surface area (Å²) in [5.74, 6) is -0.963. The minimum Gasteiger partial charge on any atom is -0.480 e. The van der Waals surface area contributed by atoms with Crippen LogP contribution in [0.1, 0.15) is 38.3 Å². The first kappa shape index (κ1) is 17.8. The van der Waals surface area contributed by atoms with Crippen molar-refractivity contribution in [3.05, 3.63) is 35.4 Å². The summed E-state index contributed by atoms with van der Waals surface area (Å²) in [7, 11) is 0. The van der Waals surface area contributed by atoms with Crippen LogP contribution in [-0.4, -0.2) is 40.3 Å². The molecule has 0 saturated carbocycles. The Kier molecular flexibility index (Phi) is 5.13. The van der Waals surface area contributed by atoms with Gasteiger partial charge in [-0.25, -0.2) is 9.59 Å². The molecule has 24 heavy (non-hydrogen) atoms. The molecule has 0 aliphatic carbocycles. The summed E-state index contributed by atoms with van der Waals surface area (Å²) < 4.78 is 5.32. The zero-order valence-electron chi connectivity index (χ0n) is 14.2. The summed E-state index contributed by atoms with van der Waals surface area (Å²) in [6.07, 6.45) is 0.473. The van der Waals surface area contributed by atoms with E-state index in [2.05, 4.69) is 6.07 Å². The predicted octanol–water partition coefficient (Wildman–Crippen LogP) is 2.81. The van der Waals surface area contributed by atoms with Gasteiger partial charge in [-0.1, -0.05) is 12.1 Å². The van der Waals surface area contributed by atoms with Crippen molar-refractivity contribution in [2.45, 2.75) is 45.3 Å². The first-order valence-corrected chi connectivity index (χ1v) is 7.91. The lowest BCUT2D eigenvalue weighted by molar-refractivity contribution is -0.142. The van der Waals surface area contributed by atoms with Gasteiger partial charge in [0.25, 0.3) is 0 Å². The number of aliphatic carboxylic acids is 1. The molecule has 6 nitrogen and oxygen atoms in total. The van der Waals surface area contributed by atoms with Crippen LogP contribution in [0.4, 0.5) is 4.79 Å². The van der Waals surface area contributed by atoms with Crippen molar-refractivity contribution in [1.82, 2.24) is 4.90 Å². The number of carbonyl (C=O) groups is 2. The van der Waals surface area contributed by atoms with Gasteiger partial charge in [-0.05, 0) is 57.2 Å². The number of carboxylic acids is 1. The van der Waals surface area contributed by atoms with E-state index in [-0.39, 0.29) is 5.92 Å². The van der Waals surface area contributed by atoms with Gasteiger partial charge in [-0.3, -0.25) is 4.90 Å². The lowest BCUT2D eigenvalue weighted by Crippen LogP contribution is -2.43. The van der Waals surface area contributed by atoms with Gasteiger partial charge in [0.2, 0.25) is 0 Å². The molecule has 1 saturated heterocycles. The topological polar surface area (TPSA) is 90.6 Å². The third kappa shape index (κ3) is 4.48. The number of benzene rings is 1. The van der Waals surface area contributed by atoms with Gasteiger partial charge in [-0.15, -0.1) is 0 Å². The molecule has 1 aromatic rings. The molecule has 2 atom stereocenters. The highest BCUT2D eigenvalue weighted by Crippen LogP contribution is 2.28. The molecule has 2 unspecified atom stereocenters. The molecular formula is C18H22N2O4. The van der Waals surface area contributed by atoms with Gasteiger partial charge in [0, 0.05) is 6.54 Å². The summed E-state index contributed by atoms with van der Waals surface area (Å²) in [5, 5.41) is 18.2. The minimum absolute atomic E-state index is 0.0477. The van der Waals surface area contributed by atoms with Crippen LogP contribution in [-0.2, 0) is 16.0 Å². The maximum atomic E-state index is 12.3. The van der Waals surface area contributed by atoms with Crippen molar-refractivity contribution < 1.29 is 19.4 Å². The molecule has 1 aromatic carbocycles. The van der Waals surface area contributed by atoms with Crippen LogP contribution < -0.4 is 0 Å². The molecule has 1 aliphatic heterocycles. The van der Waals surface area contributed by atoms with E-state index in [0.717, 1.165) is 5.56 Å². The third-order valence-electron chi connectivity index (χ3n) is 3.91. The fraction of sp³-hybridized carbons (Fsp3) is 0.500. The molecule has 6 heteroatoms. The highest BCUT2D eigenvalue weighted by Gasteiger charge is 2.41. The van der Waals surface area contributed by atoms with Crippen LogP contribution in [0, 0.1) is 17.2 Å². The Bertz CT molecular complexity index is 655. The lowest BCUT2D eigenvalue weighted by atomic mass is 9.96. The molecule has 1 heterocycles. The average molecular weight is 330 g/mol. The zero-order valence-corrected chi connectivity index (χ0v) is 14.2. The van der Waals surface area contributed by atoms with E-state index in [4.69, 9.17) is 10.00 Å². The van der Waals surface area contributed by atoms with Gasteiger partial charge >= 0.3 is 12.1 Å². The summed E-state index contributed by atoms with van der Waals surface area (Å²) in [4.78, 5) is 25.0. The highest BCUT2D eigenvalue weighted by atomic mass is 16.6. The highest BCUT2D eigenvalue weighted by molar-refractivity contribution is 5.81. The number of carboxylic acid groups (broad SMARTS) is 1. The Morgan fingerprint density at radius 2 is 1.96 bits per heavy atom. The fourth-order valence-electron chi connectivity index (χ4n) is 2.88. The van der Waals surface area contributed by atoms with Crippen LogP contribution in [0.25, 0.3) is 0 Å². The standard InChI is InChI=1S/C18H22N2O4/c1-18(2,3)24-17(23)20-11-14(9-15(20)16(21)22)8-12-4-6-13(10-19)7-5-12/h4-7,14-15H,8-9,11H2,1-3H3,(H,21,22). The predicted molar refractivity (Wildman–Crippen MR) is 87.3 cm³/mol. The lowest BCUT2D eigenvalue weighted by Gasteiger charge is -2.26. The molecule has 2 rings (SSSR count). The molecular weight excluding hydrogens is 308 g/mol. The van der Waals surface area contributed by atoms with Crippen LogP contribution >= 0.6 is 0 Å².